The van der Waals surface area contributed by atoms with Gasteiger partial charge in [0.05, 0.1) is 11.3 Å². The third-order valence-corrected chi connectivity index (χ3v) is 5.77. The minimum Gasteiger partial charge on any atom is -0.460 e. The highest BCUT2D eigenvalue weighted by Gasteiger charge is 2.31. The van der Waals surface area contributed by atoms with Gasteiger partial charge in [-0.2, -0.15) is 4.68 Å². The van der Waals surface area contributed by atoms with E-state index in [1.54, 1.807) is 12.1 Å². The maximum Gasteiger partial charge on any atom is 0.309 e. The molecule has 10 heteroatoms. The number of rotatable bonds is 3. The van der Waals surface area contributed by atoms with Crippen molar-refractivity contribution in [3.63, 3.8) is 0 Å². The van der Waals surface area contributed by atoms with E-state index in [1.165, 1.54) is 0 Å². The average molecular weight is 441 g/mol. The molecule has 1 N–H and O–H groups in total. The van der Waals surface area contributed by atoms with Gasteiger partial charge in [-0.15, -0.1) is 5.10 Å². The maximum absolute atomic E-state index is 12.9. The summed E-state index contributed by atoms with van der Waals surface area (Å²) in [7, 11) is 0. The third kappa shape index (κ3) is 4.49. The summed E-state index contributed by atoms with van der Waals surface area (Å²) in [5, 5.41) is 10.7. The van der Waals surface area contributed by atoms with Gasteiger partial charge in [-0.25, -0.2) is 0 Å². The molecule has 170 valence electrons. The predicted molar refractivity (Wildman–Crippen MR) is 116 cm³/mol. The van der Waals surface area contributed by atoms with E-state index in [2.05, 4.69) is 20.5 Å². The molecule has 0 radical (unpaired) electrons. The summed E-state index contributed by atoms with van der Waals surface area (Å²) >= 11 is 0. The van der Waals surface area contributed by atoms with Gasteiger partial charge in [-0.05, 0) is 58.2 Å². The van der Waals surface area contributed by atoms with E-state index in [-0.39, 0.29) is 30.6 Å². The Kier molecular flexibility index (Phi) is 5.70. The maximum atomic E-state index is 12.9. The fourth-order valence-corrected chi connectivity index (χ4v) is 4.12. The van der Waals surface area contributed by atoms with E-state index in [0.717, 1.165) is 10.4 Å². The minimum absolute atomic E-state index is 0.119. The first-order valence-corrected chi connectivity index (χ1v) is 10.8. The normalized spacial score (nSPS) is 20.3. The number of esters is 1. The summed E-state index contributed by atoms with van der Waals surface area (Å²) in [6.45, 7) is 6.98. The predicted octanol–water partition coefficient (Wildman–Crippen LogP) is 1.33. The zero-order valence-electron chi connectivity index (χ0n) is 18.5. The first-order valence-electron chi connectivity index (χ1n) is 10.8. The summed E-state index contributed by atoms with van der Waals surface area (Å²) in [5.41, 5.74) is 0.420. The SMILES string of the molecule is CC(C)(C)OC(=O)C1CCN(c2ccc3c(=O)n(C4CCC(=O)NC4=O)nnc3c2)CC1. The smallest absolute Gasteiger partial charge is 0.309 e. The molecule has 2 aliphatic heterocycles. The van der Waals surface area contributed by atoms with Crippen molar-refractivity contribution in [3.05, 3.63) is 28.6 Å². The van der Waals surface area contributed by atoms with Crippen LogP contribution in [0.5, 0.6) is 0 Å². The number of fused-ring (bicyclic) bond motifs is 1. The number of aromatic nitrogens is 3. The van der Waals surface area contributed by atoms with E-state index in [0.29, 0.717) is 36.8 Å². The second-order valence-electron chi connectivity index (χ2n) is 9.30. The fraction of sp³-hybridized carbons (Fsp3) is 0.545. The lowest BCUT2D eigenvalue weighted by atomic mass is 9.96. The molecule has 0 spiro atoms. The molecule has 1 aromatic carbocycles. The van der Waals surface area contributed by atoms with Crippen LogP contribution in [-0.4, -0.2) is 51.5 Å². The van der Waals surface area contributed by atoms with Gasteiger partial charge < -0.3 is 9.64 Å². The molecule has 2 amide bonds. The molecule has 1 aromatic heterocycles. The number of ether oxygens (including phenoxy) is 1. The molecule has 32 heavy (non-hydrogen) atoms. The van der Waals surface area contributed by atoms with Gasteiger partial charge in [0.15, 0.2) is 0 Å². The number of amides is 2. The van der Waals surface area contributed by atoms with Crippen LogP contribution in [0, 0.1) is 5.92 Å². The summed E-state index contributed by atoms with van der Waals surface area (Å²) in [4.78, 5) is 50.9. The monoisotopic (exact) mass is 441 g/mol. The second kappa shape index (κ2) is 8.33. The van der Waals surface area contributed by atoms with E-state index in [1.807, 2.05) is 26.8 Å². The Morgan fingerprint density at radius 1 is 1.12 bits per heavy atom. The number of imide groups is 1. The molecular weight excluding hydrogens is 414 g/mol. The molecule has 0 saturated carbocycles. The van der Waals surface area contributed by atoms with E-state index >= 15 is 0 Å². The molecule has 1 unspecified atom stereocenters. The highest BCUT2D eigenvalue weighted by atomic mass is 16.6. The number of benzene rings is 1. The largest absolute Gasteiger partial charge is 0.460 e. The molecule has 2 aliphatic rings. The fourth-order valence-electron chi connectivity index (χ4n) is 4.12. The van der Waals surface area contributed by atoms with Crippen LogP contribution in [0.1, 0.15) is 52.5 Å². The number of carbonyl (C=O) groups excluding carboxylic acids is 3. The molecule has 2 saturated heterocycles. The van der Waals surface area contributed by atoms with Crippen LogP contribution >= 0.6 is 0 Å². The van der Waals surface area contributed by atoms with Crippen LogP contribution < -0.4 is 15.8 Å². The van der Waals surface area contributed by atoms with Crippen molar-refractivity contribution in [1.82, 2.24) is 20.3 Å². The molecule has 0 aliphatic carbocycles. The number of piperidine rings is 2. The van der Waals surface area contributed by atoms with Gasteiger partial charge in [0, 0.05) is 25.2 Å². The third-order valence-electron chi connectivity index (χ3n) is 5.77. The highest BCUT2D eigenvalue weighted by molar-refractivity contribution is 5.99. The summed E-state index contributed by atoms with van der Waals surface area (Å²) in [5.74, 6) is -1.17. The molecule has 2 aromatic rings. The molecule has 4 rings (SSSR count). The average Bonchev–Trinajstić information content (AvgIpc) is 2.73. The Balaban J connectivity index is 1.49. The quantitative estimate of drug-likeness (QED) is 0.559. The number of nitrogens with one attached hydrogen (secondary N) is 1. The van der Waals surface area contributed by atoms with E-state index < -0.39 is 23.1 Å². The van der Waals surface area contributed by atoms with Crippen molar-refractivity contribution < 1.29 is 19.1 Å². The zero-order chi connectivity index (χ0) is 23.0. The zero-order valence-corrected chi connectivity index (χ0v) is 18.5. The molecule has 3 heterocycles. The first-order chi connectivity index (χ1) is 15.1. The van der Waals surface area contributed by atoms with E-state index in [9.17, 15) is 19.2 Å². The Morgan fingerprint density at radius 3 is 2.50 bits per heavy atom. The summed E-state index contributed by atoms with van der Waals surface area (Å²) in [6.07, 6.45) is 1.75. The summed E-state index contributed by atoms with van der Waals surface area (Å²) < 4.78 is 6.56. The standard InChI is InChI=1S/C22H27N5O5/c1-22(2,3)32-21(31)13-8-10-26(11-9-13)14-4-5-15-16(12-14)24-25-27(20(15)30)17-6-7-18(28)23-19(17)29/h4-5,12-13,17H,6-11H2,1-3H3,(H,23,28,29). The number of carbonyl (C=O) groups is 3. The van der Waals surface area contributed by atoms with Crippen LogP contribution in [0.3, 0.4) is 0 Å². The van der Waals surface area contributed by atoms with Crippen molar-refractivity contribution >= 4 is 34.4 Å². The van der Waals surface area contributed by atoms with Crippen molar-refractivity contribution in [2.24, 2.45) is 5.92 Å². The Labute approximate surface area is 184 Å². The summed E-state index contributed by atoms with van der Waals surface area (Å²) in [6, 6.07) is 4.48. The minimum atomic E-state index is -0.844. The molecular formula is C22H27N5O5. The second-order valence-corrected chi connectivity index (χ2v) is 9.30. The van der Waals surface area contributed by atoms with Crippen LogP contribution in [0.15, 0.2) is 23.0 Å². The van der Waals surface area contributed by atoms with Crippen molar-refractivity contribution in [2.45, 2.75) is 58.1 Å². The lowest BCUT2D eigenvalue weighted by Gasteiger charge is -2.34. The van der Waals surface area contributed by atoms with Gasteiger partial charge in [-0.3, -0.25) is 24.5 Å². The Bertz CT molecular complexity index is 1130. The topological polar surface area (TPSA) is 123 Å². The number of hydrogen-bond donors (Lipinski definition) is 1. The molecule has 10 nitrogen and oxygen atoms in total. The lowest BCUT2D eigenvalue weighted by molar-refractivity contribution is -0.160. The van der Waals surface area contributed by atoms with Crippen LogP contribution in [0.4, 0.5) is 5.69 Å². The number of nitrogens with zero attached hydrogens (tertiary/aromatic N) is 4. The first kappa shape index (κ1) is 21.9. The van der Waals surface area contributed by atoms with Crippen molar-refractivity contribution in [3.8, 4) is 0 Å². The van der Waals surface area contributed by atoms with Gasteiger partial charge in [0.25, 0.3) is 11.5 Å². The Hall–Kier alpha value is -3.30. The van der Waals surface area contributed by atoms with Crippen LogP contribution in [-0.2, 0) is 19.1 Å². The van der Waals surface area contributed by atoms with Crippen LogP contribution in [0.25, 0.3) is 10.9 Å². The Morgan fingerprint density at radius 2 is 1.84 bits per heavy atom. The van der Waals surface area contributed by atoms with Crippen molar-refractivity contribution in [2.75, 3.05) is 18.0 Å². The van der Waals surface area contributed by atoms with E-state index in [4.69, 9.17) is 4.74 Å². The van der Waals surface area contributed by atoms with Gasteiger partial charge in [0.1, 0.15) is 17.2 Å². The molecule has 0 bridgehead atoms. The van der Waals surface area contributed by atoms with Gasteiger partial charge >= 0.3 is 5.97 Å². The number of anilines is 1. The van der Waals surface area contributed by atoms with Gasteiger partial charge in [0.2, 0.25) is 5.91 Å². The van der Waals surface area contributed by atoms with Crippen molar-refractivity contribution in [1.29, 1.82) is 0 Å². The van der Waals surface area contributed by atoms with Gasteiger partial charge in [-0.1, -0.05) is 5.21 Å². The number of hydrogen-bond acceptors (Lipinski definition) is 8. The van der Waals surface area contributed by atoms with Crippen LogP contribution in [0.2, 0.25) is 0 Å². The lowest BCUT2D eigenvalue weighted by Crippen LogP contribution is -2.45. The highest BCUT2D eigenvalue weighted by Crippen LogP contribution is 2.27. The molecule has 1 atom stereocenters. The molecule has 2 fully saturated rings.